The van der Waals surface area contributed by atoms with Gasteiger partial charge in [-0.05, 0) is 65.5 Å². The molecule has 0 amide bonds. The summed E-state index contributed by atoms with van der Waals surface area (Å²) in [5, 5.41) is 7.54. The number of ether oxygens (including phenoxy) is 3. The summed E-state index contributed by atoms with van der Waals surface area (Å²) in [4.78, 5) is 13.2. The molecule has 0 bridgehead atoms. The molecule has 1 fully saturated rings. The van der Waals surface area contributed by atoms with Gasteiger partial charge in [0.15, 0.2) is 11.6 Å². The van der Waals surface area contributed by atoms with Gasteiger partial charge in [-0.15, -0.1) is 10.2 Å². The average Bonchev–Trinajstić information content (AvgIpc) is 3.34. The Morgan fingerprint density at radius 1 is 1.10 bits per heavy atom. The van der Waals surface area contributed by atoms with Crippen LogP contribution in [0, 0.1) is 6.92 Å². The smallest absolute Gasteiger partial charge is 0.240 e. The van der Waals surface area contributed by atoms with E-state index in [1.54, 1.807) is 42.1 Å². The Labute approximate surface area is 229 Å². The number of pyridine rings is 1. The number of methoxy groups -OCH3 is 1. The zero-order valence-corrected chi connectivity index (χ0v) is 24.1. The van der Waals surface area contributed by atoms with Crippen molar-refractivity contribution in [3.05, 3.63) is 42.0 Å². The highest BCUT2D eigenvalue weighted by Crippen LogP contribution is 2.33. The van der Waals surface area contributed by atoms with Crippen molar-refractivity contribution >= 4 is 16.0 Å². The van der Waals surface area contributed by atoms with E-state index < -0.39 is 21.4 Å². The predicted molar refractivity (Wildman–Crippen MR) is 146 cm³/mol. The van der Waals surface area contributed by atoms with Gasteiger partial charge in [-0.1, -0.05) is 6.07 Å². The van der Waals surface area contributed by atoms with Crippen LogP contribution in [0.3, 0.4) is 0 Å². The minimum atomic E-state index is -4.05. The summed E-state index contributed by atoms with van der Waals surface area (Å²) in [6, 6.07) is 5.02. The molecule has 3 aromatic rings. The van der Waals surface area contributed by atoms with Crippen molar-refractivity contribution in [2.24, 2.45) is 0 Å². The highest BCUT2D eigenvalue weighted by Gasteiger charge is 2.36. The van der Waals surface area contributed by atoms with E-state index in [1.807, 2.05) is 27.7 Å². The third kappa shape index (κ3) is 6.71. The molecule has 12 nitrogen and oxygen atoms in total. The quantitative estimate of drug-likeness (QED) is 0.368. The molecule has 212 valence electrons. The fourth-order valence-electron chi connectivity index (χ4n) is 4.49. The maximum absolute atomic E-state index is 13.8. The highest BCUT2D eigenvalue weighted by atomic mass is 32.2. The molecule has 13 heteroatoms. The van der Waals surface area contributed by atoms with Gasteiger partial charge >= 0.3 is 0 Å². The van der Waals surface area contributed by atoms with E-state index in [0.29, 0.717) is 29.8 Å². The first kappa shape index (κ1) is 28.8. The van der Waals surface area contributed by atoms with Crippen LogP contribution in [0.25, 0.3) is 11.5 Å². The summed E-state index contributed by atoms with van der Waals surface area (Å²) >= 11 is 0. The summed E-state index contributed by atoms with van der Waals surface area (Å²) in [5.41, 5.74) is 1.36. The molecule has 1 N–H and O–H groups in total. The van der Waals surface area contributed by atoms with E-state index in [0.717, 1.165) is 24.8 Å². The van der Waals surface area contributed by atoms with Gasteiger partial charge in [-0.3, -0.25) is 9.29 Å². The van der Waals surface area contributed by atoms with Crippen LogP contribution in [0.1, 0.15) is 70.5 Å². The molecule has 0 aromatic carbocycles. The minimum absolute atomic E-state index is 0.0660. The van der Waals surface area contributed by atoms with Crippen molar-refractivity contribution in [3.8, 4) is 17.4 Å². The summed E-state index contributed by atoms with van der Waals surface area (Å²) in [6.07, 6.45) is 4.83. The van der Waals surface area contributed by atoms with Crippen LogP contribution in [0.5, 0.6) is 5.88 Å². The van der Waals surface area contributed by atoms with Gasteiger partial charge in [0.05, 0.1) is 25.4 Å². The molecule has 4 atom stereocenters. The molecule has 4 rings (SSSR count). The molecule has 0 aliphatic carbocycles. The molecule has 1 aliphatic heterocycles. The van der Waals surface area contributed by atoms with E-state index in [2.05, 4.69) is 29.9 Å². The Morgan fingerprint density at radius 2 is 1.85 bits per heavy atom. The van der Waals surface area contributed by atoms with Crippen molar-refractivity contribution < 1.29 is 22.6 Å². The van der Waals surface area contributed by atoms with Crippen LogP contribution < -0.4 is 9.46 Å². The van der Waals surface area contributed by atoms with Gasteiger partial charge in [-0.2, -0.15) is 0 Å². The van der Waals surface area contributed by atoms with Gasteiger partial charge < -0.3 is 14.2 Å². The standard InChI is InChI=1S/C26H37N7O5S/c1-16(2)38-23(24-27-14-17(3)15-28-24)19(5)39(34,35)32-26-31-30-25(20-10-9-12-22(29-20)36-6)33(26)18(4)21-11-7-8-13-37-21/h9-10,12,14-16,18-19,21,23H,7-8,11,13H2,1-6H3,(H,31,32)/t18?,19?,21-,23?/m1/s1. The number of aryl methyl sites for hydroxylation is 1. The maximum Gasteiger partial charge on any atom is 0.240 e. The molecule has 39 heavy (non-hydrogen) atoms. The first-order valence-electron chi connectivity index (χ1n) is 13.1. The van der Waals surface area contributed by atoms with Crippen LogP contribution in [0.4, 0.5) is 5.95 Å². The van der Waals surface area contributed by atoms with Crippen LogP contribution in [0.2, 0.25) is 0 Å². The molecule has 0 saturated carbocycles. The fourth-order valence-corrected chi connectivity index (χ4v) is 5.58. The lowest BCUT2D eigenvalue weighted by atomic mass is 10.0. The van der Waals surface area contributed by atoms with Crippen molar-refractivity contribution in [2.45, 2.75) is 83.5 Å². The summed E-state index contributed by atoms with van der Waals surface area (Å²) < 4.78 is 49.3. The van der Waals surface area contributed by atoms with Gasteiger partial charge in [0.2, 0.25) is 21.9 Å². The number of aromatic nitrogens is 6. The Balaban J connectivity index is 1.72. The Bertz CT molecular complexity index is 1340. The third-order valence-corrected chi connectivity index (χ3v) is 8.33. The van der Waals surface area contributed by atoms with Crippen LogP contribution in [-0.2, 0) is 19.5 Å². The first-order chi connectivity index (χ1) is 18.6. The number of hydrogen-bond acceptors (Lipinski definition) is 10. The van der Waals surface area contributed by atoms with E-state index in [9.17, 15) is 8.42 Å². The fraction of sp³-hybridized carbons (Fsp3) is 0.577. The molecule has 0 spiro atoms. The first-order valence-corrected chi connectivity index (χ1v) is 14.7. The molecular formula is C26H37N7O5S. The Kier molecular flexibility index (Phi) is 9.13. The van der Waals surface area contributed by atoms with Gasteiger partial charge in [0, 0.05) is 25.1 Å². The van der Waals surface area contributed by atoms with E-state index in [-0.39, 0.29) is 24.2 Å². The van der Waals surface area contributed by atoms with E-state index in [1.165, 1.54) is 7.11 Å². The summed E-state index contributed by atoms with van der Waals surface area (Å²) in [7, 11) is -2.52. The predicted octanol–water partition coefficient (Wildman–Crippen LogP) is 3.87. The van der Waals surface area contributed by atoms with E-state index in [4.69, 9.17) is 14.2 Å². The van der Waals surface area contributed by atoms with E-state index >= 15 is 0 Å². The Hall–Kier alpha value is -3.16. The second-order valence-electron chi connectivity index (χ2n) is 10.0. The zero-order valence-electron chi connectivity index (χ0n) is 23.2. The number of sulfonamides is 1. The lowest BCUT2D eigenvalue weighted by Crippen LogP contribution is -2.36. The lowest BCUT2D eigenvalue weighted by molar-refractivity contribution is -0.0116. The zero-order chi connectivity index (χ0) is 28.2. The van der Waals surface area contributed by atoms with Crippen molar-refractivity contribution in [1.82, 2.24) is 29.7 Å². The molecule has 4 heterocycles. The molecular weight excluding hydrogens is 522 g/mol. The largest absolute Gasteiger partial charge is 0.481 e. The number of anilines is 1. The molecule has 3 aromatic heterocycles. The number of nitrogens with zero attached hydrogens (tertiary/aromatic N) is 6. The number of rotatable bonds is 11. The maximum atomic E-state index is 13.8. The van der Waals surface area contributed by atoms with Crippen molar-refractivity contribution in [1.29, 1.82) is 0 Å². The number of hydrogen-bond donors (Lipinski definition) is 1. The molecule has 3 unspecified atom stereocenters. The van der Waals surface area contributed by atoms with Crippen LogP contribution >= 0.6 is 0 Å². The van der Waals surface area contributed by atoms with Crippen molar-refractivity contribution in [3.63, 3.8) is 0 Å². The second kappa shape index (κ2) is 12.3. The Morgan fingerprint density at radius 3 is 2.49 bits per heavy atom. The van der Waals surface area contributed by atoms with Gasteiger partial charge in [-0.25, -0.2) is 23.4 Å². The topological polar surface area (TPSA) is 143 Å². The van der Waals surface area contributed by atoms with Crippen molar-refractivity contribution in [2.75, 3.05) is 18.4 Å². The lowest BCUT2D eigenvalue weighted by Gasteiger charge is -2.30. The highest BCUT2D eigenvalue weighted by molar-refractivity contribution is 7.93. The third-order valence-electron chi connectivity index (χ3n) is 6.64. The van der Waals surface area contributed by atoms with Gasteiger partial charge in [0.1, 0.15) is 17.0 Å². The molecule has 0 radical (unpaired) electrons. The SMILES string of the molecule is COc1cccc(-c2nnc(NS(=O)(=O)C(C)C(OC(C)C)c3ncc(C)cn3)n2C(C)[C@H]2CCCCO2)n1. The normalized spacial score (nSPS) is 18.5. The van der Waals surface area contributed by atoms with Crippen LogP contribution in [0.15, 0.2) is 30.6 Å². The van der Waals surface area contributed by atoms with Crippen LogP contribution in [-0.4, -0.2) is 69.3 Å². The summed E-state index contributed by atoms with van der Waals surface area (Å²) in [5.74, 6) is 1.17. The molecule has 1 saturated heterocycles. The summed E-state index contributed by atoms with van der Waals surface area (Å²) in [6.45, 7) is 9.72. The molecule has 1 aliphatic rings. The monoisotopic (exact) mass is 559 g/mol. The van der Waals surface area contributed by atoms with Gasteiger partial charge in [0.25, 0.3) is 0 Å². The average molecular weight is 560 g/mol. The minimum Gasteiger partial charge on any atom is -0.481 e. The second-order valence-corrected chi connectivity index (χ2v) is 12.0. The number of nitrogens with one attached hydrogen (secondary N) is 1.